The number of hydrogen-bond acceptors (Lipinski definition) is 3. The molecule has 0 aliphatic heterocycles. The molecule has 0 saturated carbocycles. The maximum Gasteiger partial charge on any atom is 0.254 e. The maximum absolute atomic E-state index is 12.5. The highest BCUT2D eigenvalue weighted by molar-refractivity contribution is 5.99. The first-order chi connectivity index (χ1) is 15.2. The van der Waals surface area contributed by atoms with Crippen LogP contribution in [0.4, 0.5) is 5.82 Å². The quantitative estimate of drug-likeness (QED) is 0.204. The first kappa shape index (κ1) is 19.9. The Morgan fingerprint density at radius 1 is 0.903 bits per heavy atom. The minimum absolute atomic E-state index is 0.201. The number of nitrogens with zero attached hydrogens (tertiary/aromatic N) is 5. The molecule has 0 aliphatic carbocycles. The lowest BCUT2D eigenvalue weighted by atomic mass is 9.77. The van der Waals surface area contributed by atoms with Crippen molar-refractivity contribution in [3.8, 4) is 0 Å². The molecular formula is C24H20N6O. The number of carbonyl (C=O) groups excluding carboxylic acids is 1. The molecule has 0 bridgehead atoms. The van der Waals surface area contributed by atoms with E-state index in [4.69, 9.17) is 5.53 Å². The number of azide groups is 1. The van der Waals surface area contributed by atoms with E-state index in [-0.39, 0.29) is 5.56 Å². The summed E-state index contributed by atoms with van der Waals surface area (Å²) in [6.45, 7) is 0. The van der Waals surface area contributed by atoms with Gasteiger partial charge in [-0.3, -0.25) is 9.48 Å². The van der Waals surface area contributed by atoms with Gasteiger partial charge in [-0.1, -0.05) is 91.0 Å². The molecule has 0 unspecified atom stereocenters. The molecule has 0 saturated heterocycles. The Balaban J connectivity index is 2.02. The van der Waals surface area contributed by atoms with Gasteiger partial charge in [0.2, 0.25) is 0 Å². The van der Waals surface area contributed by atoms with Gasteiger partial charge in [-0.15, -0.1) is 0 Å². The number of amides is 1. The van der Waals surface area contributed by atoms with E-state index in [1.54, 1.807) is 11.7 Å². The van der Waals surface area contributed by atoms with Gasteiger partial charge in [-0.2, -0.15) is 5.10 Å². The van der Waals surface area contributed by atoms with E-state index < -0.39 is 11.4 Å². The fourth-order valence-electron chi connectivity index (χ4n) is 3.80. The highest BCUT2D eigenvalue weighted by Crippen LogP contribution is 2.40. The molecule has 4 aromatic rings. The van der Waals surface area contributed by atoms with Crippen LogP contribution < -0.4 is 5.32 Å². The number of carbonyl (C=O) groups is 1. The number of anilines is 1. The van der Waals surface area contributed by atoms with Crippen LogP contribution in [0.25, 0.3) is 10.4 Å². The molecule has 0 radical (unpaired) electrons. The van der Waals surface area contributed by atoms with Gasteiger partial charge < -0.3 is 5.32 Å². The SMILES string of the molecule is Cn1ncc(C(=O)N=[N+]=[N-])c1NC(c1ccccc1)(c1ccccc1)c1ccccc1. The second kappa shape index (κ2) is 8.57. The largest absolute Gasteiger partial charge is 0.352 e. The van der Waals surface area contributed by atoms with Crippen molar-refractivity contribution in [2.24, 2.45) is 12.2 Å². The van der Waals surface area contributed by atoms with Crippen LogP contribution >= 0.6 is 0 Å². The first-order valence-corrected chi connectivity index (χ1v) is 9.73. The predicted molar refractivity (Wildman–Crippen MR) is 120 cm³/mol. The summed E-state index contributed by atoms with van der Waals surface area (Å²) >= 11 is 0. The summed E-state index contributed by atoms with van der Waals surface area (Å²) in [4.78, 5) is 15.1. The lowest BCUT2D eigenvalue weighted by molar-refractivity contribution is 0.100. The maximum atomic E-state index is 12.5. The Hall–Kier alpha value is -4.35. The van der Waals surface area contributed by atoms with Crippen LogP contribution in [0.2, 0.25) is 0 Å². The van der Waals surface area contributed by atoms with Gasteiger partial charge in [0.05, 0.1) is 11.8 Å². The average Bonchev–Trinajstić information content (AvgIpc) is 3.19. The van der Waals surface area contributed by atoms with Crippen molar-refractivity contribution in [3.05, 3.63) is 130 Å². The number of aryl methyl sites for hydroxylation is 1. The molecule has 0 aliphatic rings. The lowest BCUT2D eigenvalue weighted by Crippen LogP contribution is -2.39. The minimum atomic E-state index is -0.830. The summed E-state index contributed by atoms with van der Waals surface area (Å²) in [7, 11) is 1.74. The van der Waals surface area contributed by atoms with Crippen LogP contribution in [-0.2, 0) is 12.6 Å². The van der Waals surface area contributed by atoms with E-state index in [0.717, 1.165) is 16.7 Å². The van der Waals surface area contributed by atoms with Crippen LogP contribution in [0.5, 0.6) is 0 Å². The molecule has 3 aromatic carbocycles. The van der Waals surface area contributed by atoms with Crippen LogP contribution in [0.15, 0.2) is 102 Å². The summed E-state index contributed by atoms with van der Waals surface area (Å²) < 4.78 is 1.57. The Morgan fingerprint density at radius 3 is 1.77 bits per heavy atom. The second-order valence-corrected chi connectivity index (χ2v) is 7.00. The molecule has 1 aromatic heterocycles. The molecule has 4 rings (SSSR count). The molecule has 7 nitrogen and oxygen atoms in total. The van der Waals surface area contributed by atoms with Gasteiger partial charge in [-0.05, 0) is 27.3 Å². The number of rotatable bonds is 6. The minimum Gasteiger partial charge on any atom is -0.352 e. The van der Waals surface area contributed by atoms with E-state index in [1.807, 2.05) is 91.0 Å². The lowest BCUT2D eigenvalue weighted by Gasteiger charge is -2.38. The summed E-state index contributed by atoms with van der Waals surface area (Å²) in [6.07, 6.45) is 1.41. The molecule has 1 heterocycles. The van der Waals surface area contributed by atoms with E-state index in [2.05, 4.69) is 20.4 Å². The van der Waals surface area contributed by atoms with Crippen LogP contribution in [-0.4, -0.2) is 15.7 Å². The normalized spacial score (nSPS) is 10.9. The zero-order valence-electron chi connectivity index (χ0n) is 16.9. The summed E-state index contributed by atoms with van der Waals surface area (Å²) in [5.41, 5.74) is 11.1. The van der Waals surface area contributed by atoms with E-state index in [1.165, 1.54) is 6.20 Å². The average molecular weight is 408 g/mol. The van der Waals surface area contributed by atoms with Crippen molar-refractivity contribution in [1.82, 2.24) is 9.78 Å². The molecule has 0 fully saturated rings. The van der Waals surface area contributed by atoms with E-state index in [9.17, 15) is 4.79 Å². The van der Waals surface area contributed by atoms with Gasteiger partial charge in [0.15, 0.2) is 0 Å². The third kappa shape index (κ3) is 3.66. The monoisotopic (exact) mass is 408 g/mol. The number of nitrogens with one attached hydrogen (secondary N) is 1. The molecule has 1 amide bonds. The van der Waals surface area contributed by atoms with Gasteiger partial charge in [0.1, 0.15) is 11.4 Å². The first-order valence-electron chi connectivity index (χ1n) is 9.73. The van der Waals surface area contributed by atoms with Crippen LogP contribution in [0, 0.1) is 0 Å². The predicted octanol–water partition coefficient (Wildman–Crippen LogP) is 5.27. The fraction of sp³-hybridized carbons (Fsp3) is 0.0833. The van der Waals surface area contributed by atoms with Crippen molar-refractivity contribution in [2.45, 2.75) is 5.54 Å². The molecule has 1 N–H and O–H groups in total. The van der Waals surface area contributed by atoms with Gasteiger partial charge in [0, 0.05) is 12.0 Å². The van der Waals surface area contributed by atoms with E-state index in [0.29, 0.717) is 5.82 Å². The molecule has 0 spiro atoms. The molecule has 31 heavy (non-hydrogen) atoms. The zero-order chi connectivity index (χ0) is 21.7. The smallest absolute Gasteiger partial charge is 0.254 e. The third-order valence-corrected chi connectivity index (χ3v) is 5.23. The fourth-order valence-corrected chi connectivity index (χ4v) is 3.80. The highest BCUT2D eigenvalue weighted by Gasteiger charge is 2.38. The Morgan fingerprint density at radius 2 is 1.35 bits per heavy atom. The number of hydrogen-bond donors (Lipinski definition) is 1. The number of benzene rings is 3. The van der Waals surface area contributed by atoms with Crippen LogP contribution in [0.1, 0.15) is 27.0 Å². The summed E-state index contributed by atoms with van der Waals surface area (Å²) in [6, 6.07) is 30.0. The van der Waals surface area contributed by atoms with Crippen molar-refractivity contribution >= 4 is 11.7 Å². The standard InChI is InChI=1S/C24H20N6O/c1-30-22(21(17-26-30)23(31)28-29-25)27-24(18-11-5-2-6-12-18,19-13-7-3-8-14-19)20-15-9-4-10-16-20/h2-17,27H,1H3. The highest BCUT2D eigenvalue weighted by atomic mass is 16.1. The van der Waals surface area contributed by atoms with Crippen molar-refractivity contribution < 1.29 is 4.79 Å². The third-order valence-electron chi connectivity index (χ3n) is 5.23. The number of aromatic nitrogens is 2. The molecule has 7 heteroatoms. The van der Waals surface area contributed by atoms with Crippen molar-refractivity contribution in [3.63, 3.8) is 0 Å². The Labute approximate surface area is 179 Å². The topological polar surface area (TPSA) is 95.7 Å². The second-order valence-electron chi connectivity index (χ2n) is 7.00. The summed E-state index contributed by atoms with van der Waals surface area (Å²) in [5.74, 6) is -0.241. The Kier molecular flexibility index (Phi) is 5.51. The van der Waals surface area contributed by atoms with Crippen molar-refractivity contribution in [1.29, 1.82) is 0 Å². The Bertz CT molecular complexity index is 1130. The van der Waals surface area contributed by atoms with Gasteiger partial charge in [-0.25, -0.2) is 0 Å². The molecule has 0 atom stereocenters. The van der Waals surface area contributed by atoms with Gasteiger partial charge >= 0.3 is 0 Å². The van der Waals surface area contributed by atoms with E-state index >= 15 is 0 Å². The zero-order valence-corrected chi connectivity index (χ0v) is 16.9. The van der Waals surface area contributed by atoms with Crippen molar-refractivity contribution in [2.75, 3.05) is 5.32 Å². The molecular weight excluding hydrogens is 388 g/mol. The molecule has 152 valence electrons. The van der Waals surface area contributed by atoms with Crippen LogP contribution in [0.3, 0.4) is 0 Å². The summed E-state index contributed by atoms with van der Waals surface area (Å²) in [5, 5.41) is 11.1. The van der Waals surface area contributed by atoms with Gasteiger partial charge in [0.25, 0.3) is 5.91 Å².